The molecule has 3 rings (SSSR count). The van der Waals surface area contributed by atoms with Gasteiger partial charge < -0.3 is 4.74 Å². The Bertz CT molecular complexity index is 770. The number of carbonyl (C=O) groups is 1. The highest BCUT2D eigenvalue weighted by molar-refractivity contribution is 7.16. The molecule has 0 amide bonds. The van der Waals surface area contributed by atoms with Crippen LogP contribution in [0.5, 0.6) is 0 Å². The SMILES string of the molecule is CCOC(=O)[C@@H]1CCCCN1Cc1cc(=O)n2nc(C)sc2n1. The molecule has 0 spiro atoms. The number of rotatable bonds is 4. The summed E-state index contributed by atoms with van der Waals surface area (Å²) in [6.45, 7) is 5.33. The van der Waals surface area contributed by atoms with Crippen molar-refractivity contribution in [3.05, 3.63) is 27.1 Å². The van der Waals surface area contributed by atoms with E-state index < -0.39 is 0 Å². The van der Waals surface area contributed by atoms with E-state index >= 15 is 0 Å². The van der Waals surface area contributed by atoms with Gasteiger partial charge in [0, 0.05) is 12.6 Å². The second-order valence-electron chi connectivity index (χ2n) is 5.64. The standard InChI is InChI=1S/C15H20N4O3S/c1-3-22-14(21)12-6-4-5-7-18(12)9-11-8-13(20)19-15(16-11)23-10(2)17-19/h8,12H,3-7,9H2,1-2H3/t12-/m0/s1. The molecule has 124 valence electrons. The molecule has 0 unspecified atom stereocenters. The lowest BCUT2D eigenvalue weighted by molar-refractivity contribution is -0.151. The monoisotopic (exact) mass is 336 g/mol. The number of esters is 1. The molecule has 1 saturated heterocycles. The smallest absolute Gasteiger partial charge is 0.323 e. The quantitative estimate of drug-likeness (QED) is 0.785. The van der Waals surface area contributed by atoms with E-state index in [0.29, 0.717) is 23.8 Å². The van der Waals surface area contributed by atoms with Crippen LogP contribution < -0.4 is 5.56 Å². The van der Waals surface area contributed by atoms with Crippen LogP contribution in [0.15, 0.2) is 10.9 Å². The first-order chi connectivity index (χ1) is 11.1. The number of fused-ring (bicyclic) bond motifs is 1. The molecule has 2 aromatic heterocycles. The Morgan fingerprint density at radius 1 is 1.48 bits per heavy atom. The number of ether oxygens (including phenoxy) is 1. The summed E-state index contributed by atoms with van der Waals surface area (Å²) in [6.07, 6.45) is 2.85. The number of hydrogen-bond donors (Lipinski definition) is 0. The Kier molecular flexibility index (Phi) is 4.72. The minimum Gasteiger partial charge on any atom is -0.465 e. The highest BCUT2D eigenvalue weighted by Gasteiger charge is 2.30. The van der Waals surface area contributed by atoms with Gasteiger partial charge in [0.05, 0.1) is 12.3 Å². The Hall–Kier alpha value is -1.80. The van der Waals surface area contributed by atoms with E-state index in [0.717, 1.165) is 30.8 Å². The lowest BCUT2D eigenvalue weighted by Gasteiger charge is -2.33. The van der Waals surface area contributed by atoms with Gasteiger partial charge >= 0.3 is 5.97 Å². The molecular weight excluding hydrogens is 316 g/mol. The summed E-state index contributed by atoms with van der Waals surface area (Å²) in [4.78, 5) is 31.4. The zero-order chi connectivity index (χ0) is 16.4. The lowest BCUT2D eigenvalue weighted by atomic mass is 10.0. The molecule has 0 N–H and O–H groups in total. The Balaban J connectivity index is 1.84. The number of carbonyl (C=O) groups excluding carboxylic acids is 1. The van der Waals surface area contributed by atoms with Gasteiger partial charge in [-0.15, -0.1) is 0 Å². The predicted molar refractivity (Wildman–Crippen MR) is 86.6 cm³/mol. The zero-order valence-corrected chi connectivity index (χ0v) is 14.1. The fourth-order valence-electron chi connectivity index (χ4n) is 2.93. The molecule has 2 aromatic rings. The van der Waals surface area contributed by atoms with E-state index in [2.05, 4.69) is 15.0 Å². The van der Waals surface area contributed by atoms with Crippen molar-refractivity contribution in [1.82, 2.24) is 19.5 Å². The van der Waals surface area contributed by atoms with Crippen molar-refractivity contribution in [2.75, 3.05) is 13.2 Å². The van der Waals surface area contributed by atoms with Crippen LogP contribution in [-0.4, -0.2) is 44.7 Å². The van der Waals surface area contributed by atoms with E-state index in [1.54, 1.807) is 0 Å². The van der Waals surface area contributed by atoms with Gasteiger partial charge in [0.15, 0.2) is 0 Å². The number of piperidine rings is 1. The minimum absolute atomic E-state index is 0.181. The molecule has 8 heteroatoms. The fraction of sp³-hybridized carbons (Fsp3) is 0.600. The molecule has 1 atom stereocenters. The number of nitrogens with zero attached hydrogens (tertiary/aromatic N) is 4. The molecule has 0 radical (unpaired) electrons. The van der Waals surface area contributed by atoms with Crippen molar-refractivity contribution < 1.29 is 9.53 Å². The summed E-state index contributed by atoms with van der Waals surface area (Å²) in [5.74, 6) is -0.182. The summed E-state index contributed by atoms with van der Waals surface area (Å²) in [7, 11) is 0. The molecule has 0 aliphatic carbocycles. The van der Waals surface area contributed by atoms with Crippen molar-refractivity contribution in [1.29, 1.82) is 0 Å². The van der Waals surface area contributed by atoms with Crippen LogP contribution in [0.2, 0.25) is 0 Å². The maximum absolute atomic E-state index is 12.1. The zero-order valence-electron chi connectivity index (χ0n) is 13.3. The van der Waals surface area contributed by atoms with Crippen molar-refractivity contribution in [3.8, 4) is 0 Å². The normalized spacial score (nSPS) is 19.1. The van der Waals surface area contributed by atoms with E-state index in [-0.39, 0.29) is 17.6 Å². The molecule has 3 heterocycles. The van der Waals surface area contributed by atoms with E-state index in [1.165, 1.54) is 21.9 Å². The third kappa shape index (κ3) is 3.42. The first-order valence-corrected chi connectivity index (χ1v) is 8.67. The van der Waals surface area contributed by atoms with E-state index in [9.17, 15) is 9.59 Å². The topological polar surface area (TPSA) is 76.8 Å². The van der Waals surface area contributed by atoms with Crippen molar-refractivity contribution in [3.63, 3.8) is 0 Å². The minimum atomic E-state index is -0.243. The van der Waals surface area contributed by atoms with Crippen LogP contribution in [0.1, 0.15) is 36.9 Å². The van der Waals surface area contributed by atoms with Crippen LogP contribution in [0, 0.1) is 6.92 Å². The van der Waals surface area contributed by atoms with Gasteiger partial charge in [0.25, 0.3) is 5.56 Å². The summed E-state index contributed by atoms with van der Waals surface area (Å²) in [6, 6.07) is 1.26. The third-order valence-corrected chi connectivity index (χ3v) is 4.76. The second kappa shape index (κ2) is 6.76. The molecule has 1 aliphatic rings. The van der Waals surface area contributed by atoms with E-state index in [4.69, 9.17) is 4.74 Å². The Labute approximate surface area is 137 Å². The highest BCUT2D eigenvalue weighted by Crippen LogP contribution is 2.20. The van der Waals surface area contributed by atoms with Gasteiger partial charge in [-0.3, -0.25) is 14.5 Å². The Morgan fingerprint density at radius 3 is 3.09 bits per heavy atom. The molecular formula is C15H20N4O3S. The summed E-state index contributed by atoms with van der Waals surface area (Å²) >= 11 is 1.39. The first kappa shape index (κ1) is 16.1. The predicted octanol–water partition coefficient (Wildman–Crippen LogP) is 1.38. The van der Waals surface area contributed by atoms with Crippen LogP contribution in [0.25, 0.3) is 4.96 Å². The van der Waals surface area contributed by atoms with Gasteiger partial charge in [-0.25, -0.2) is 4.98 Å². The number of aromatic nitrogens is 3. The maximum atomic E-state index is 12.1. The highest BCUT2D eigenvalue weighted by atomic mass is 32.1. The Morgan fingerprint density at radius 2 is 2.30 bits per heavy atom. The average Bonchev–Trinajstić information content (AvgIpc) is 2.89. The number of aryl methyl sites for hydroxylation is 1. The van der Waals surface area contributed by atoms with Crippen LogP contribution >= 0.6 is 11.3 Å². The summed E-state index contributed by atoms with van der Waals surface area (Å²) < 4.78 is 6.49. The fourth-order valence-corrected chi connectivity index (χ4v) is 3.69. The average molecular weight is 336 g/mol. The van der Waals surface area contributed by atoms with Gasteiger partial charge in [-0.05, 0) is 33.2 Å². The molecule has 1 aliphatic heterocycles. The third-order valence-electron chi connectivity index (χ3n) is 3.94. The maximum Gasteiger partial charge on any atom is 0.323 e. The molecule has 0 aromatic carbocycles. The molecule has 7 nitrogen and oxygen atoms in total. The van der Waals surface area contributed by atoms with Crippen LogP contribution in [0.4, 0.5) is 0 Å². The second-order valence-corrected chi connectivity index (χ2v) is 6.80. The summed E-state index contributed by atoms with van der Waals surface area (Å²) in [5, 5.41) is 4.94. The van der Waals surface area contributed by atoms with Crippen molar-refractivity contribution in [2.45, 2.75) is 45.7 Å². The number of likely N-dealkylation sites (tertiary alicyclic amines) is 1. The first-order valence-electron chi connectivity index (χ1n) is 7.85. The van der Waals surface area contributed by atoms with Crippen molar-refractivity contribution in [2.24, 2.45) is 0 Å². The van der Waals surface area contributed by atoms with Gasteiger partial charge in [0.2, 0.25) is 4.96 Å². The molecule has 1 fully saturated rings. The molecule has 0 bridgehead atoms. The van der Waals surface area contributed by atoms with E-state index in [1.807, 2.05) is 13.8 Å². The van der Waals surface area contributed by atoms with Crippen LogP contribution in [-0.2, 0) is 16.1 Å². The summed E-state index contributed by atoms with van der Waals surface area (Å²) in [5.41, 5.74) is 0.494. The lowest BCUT2D eigenvalue weighted by Crippen LogP contribution is -2.45. The largest absolute Gasteiger partial charge is 0.465 e. The van der Waals surface area contributed by atoms with Gasteiger partial charge in [-0.2, -0.15) is 9.61 Å². The number of hydrogen-bond acceptors (Lipinski definition) is 7. The molecule has 0 saturated carbocycles. The van der Waals surface area contributed by atoms with Crippen molar-refractivity contribution >= 4 is 22.3 Å². The molecule has 23 heavy (non-hydrogen) atoms. The van der Waals surface area contributed by atoms with Gasteiger partial charge in [0.1, 0.15) is 11.0 Å². The van der Waals surface area contributed by atoms with Gasteiger partial charge in [-0.1, -0.05) is 17.8 Å². The van der Waals surface area contributed by atoms with Crippen LogP contribution in [0.3, 0.4) is 0 Å².